The molecular formula is C48H74N12O15. The predicted molar refractivity (Wildman–Crippen MR) is 271 cm³/mol. The minimum atomic E-state index is -1.75. The van der Waals surface area contributed by atoms with Crippen LogP contribution in [0.25, 0.3) is 0 Å². The molecule has 0 heterocycles. The largest absolute Gasteiger partial charge is 0.474 e. The monoisotopic (exact) mass is 1060 g/mol. The van der Waals surface area contributed by atoms with E-state index in [1.165, 1.54) is 44.7 Å². The van der Waals surface area contributed by atoms with Gasteiger partial charge in [0.1, 0.15) is 41.4 Å². The normalized spacial score (nSPS) is 12.9. The fourth-order valence-electron chi connectivity index (χ4n) is 5.42. The fourth-order valence-corrected chi connectivity index (χ4v) is 5.42. The molecule has 75 heavy (non-hydrogen) atoms. The highest BCUT2D eigenvalue weighted by atomic mass is 16.6. The van der Waals surface area contributed by atoms with Gasteiger partial charge in [0.25, 0.3) is 23.6 Å². The molecule has 416 valence electrons. The van der Waals surface area contributed by atoms with Crippen LogP contribution in [0.3, 0.4) is 0 Å². The molecule has 27 heteroatoms. The summed E-state index contributed by atoms with van der Waals surface area (Å²) in [5, 5.41) is 20.1. The summed E-state index contributed by atoms with van der Waals surface area (Å²) in [5.74, 6) is -8.98. The summed E-state index contributed by atoms with van der Waals surface area (Å²) in [7, 11) is 6.38. The van der Waals surface area contributed by atoms with E-state index < -0.39 is 107 Å². The van der Waals surface area contributed by atoms with Gasteiger partial charge in [-0.2, -0.15) is 0 Å². The summed E-state index contributed by atoms with van der Waals surface area (Å²) >= 11 is 0. The third-order valence-electron chi connectivity index (χ3n) is 9.07. The van der Waals surface area contributed by atoms with Gasteiger partial charge >= 0.3 is 35.9 Å². The Balaban J connectivity index is 0.00000129. The Morgan fingerprint density at radius 1 is 0.480 bits per heavy atom. The molecule has 0 radical (unpaired) electrons. The first kappa shape index (κ1) is 66.6. The number of nitrogens with zero attached hydrogens (tertiary/aromatic N) is 2. The number of amides is 11. The van der Waals surface area contributed by atoms with Crippen molar-refractivity contribution in [2.45, 2.75) is 130 Å². The molecule has 12 N–H and O–H groups in total. The van der Waals surface area contributed by atoms with Gasteiger partial charge in [0, 0.05) is 41.0 Å². The average molecular weight is 1060 g/mol. The molecule has 0 unspecified atom stereocenters. The molecule has 0 saturated heterocycles. The van der Waals surface area contributed by atoms with E-state index in [-0.39, 0.29) is 24.8 Å². The van der Waals surface area contributed by atoms with Gasteiger partial charge in [-0.05, 0) is 80.4 Å². The number of rotatable bonds is 15. The predicted octanol–water partition coefficient (Wildman–Crippen LogP) is -1.35. The lowest BCUT2D eigenvalue weighted by Gasteiger charge is -2.22. The average Bonchev–Trinajstić information content (AvgIpc) is 3.30. The molecule has 2 rings (SSSR count). The van der Waals surface area contributed by atoms with Crippen LogP contribution in [0.5, 0.6) is 0 Å². The van der Waals surface area contributed by atoms with E-state index in [0.29, 0.717) is 11.1 Å². The maximum Gasteiger partial charge on any atom is 0.408 e. The number of carbonyl (C=O) groups excluding carboxylic acids is 11. The summed E-state index contributed by atoms with van der Waals surface area (Å²) in [4.78, 5) is 146. The quantitative estimate of drug-likeness (QED) is 0.0726. The first-order valence-corrected chi connectivity index (χ1v) is 23.1. The third-order valence-corrected chi connectivity index (χ3v) is 9.07. The number of carboxylic acid groups (broad SMARTS) is 1. The molecular weight excluding hydrogens is 985 g/mol. The molecule has 0 aromatic heterocycles. The van der Waals surface area contributed by atoms with Crippen molar-refractivity contribution < 1.29 is 72.1 Å². The first-order chi connectivity index (χ1) is 34.5. The number of hydrogen-bond acceptors (Lipinski definition) is 15. The lowest BCUT2D eigenvalue weighted by atomic mass is 10.1. The molecule has 11 amide bonds. The van der Waals surface area contributed by atoms with Crippen LogP contribution in [-0.2, 0) is 70.3 Å². The number of benzene rings is 2. The van der Waals surface area contributed by atoms with Gasteiger partial charge in [0.2, 0.25) is 11.8 Å². The summed E-state index contributed by atoms with van der Waals surface area (Å²) in [5.41, 5.74) is 13.6. The van der Waals surface area contributed by atoms with Crippen LogP contribution in [0.1, 0.15) is 80.4 Å². The molecule has 6 atom stereocenters. The number of ether oxygens (including phenoxy) is 2. The van der Waals surface area contributed by atoms with E-state index in [9.17, 15) is 57.5 Å². The standard InChI is InChI=1S/C24H36N6O7.C19H26N4O7.C5H12N2O/c1-14(26-23(36)37-24(3,4)5)18(31)28-29-19(32)17(13-16-11-9-8-10-12-16)27-21(34)20(33)25-15(2)22(35)30(6)7;1-11(20-18(29)30-19(2,3)4)14(24)22-23-15(25)13(21-16(26)17(27)28)10-12-8-6-5-7-9-12;1-4(6)5(8)7(2)3/h8-12,14-15,17H,13H2,1-7H3,(H,25,33)(H,26,36)(H,27,34)(H,28,31)(H,29,32);5-9,11,13H,10H2,1-4H3,(H,20,29)(H,21,26)(H,22,24)(H,23,25)(H,27,28);4H,6H2,1-3H3/t14-,15-,17-;11-,13-;4-/m000/s1. The number of alkyl carbamates (subject to hydrolysis) is 2. The molecule has 0 fully saturated rings. The van der Waals surface area contributed by atoms with Crippen molar-refractivity contribution in [3.8, 4) is 0 Å². The van der Waals surface area contributed by atoms with Gasteiger partial charge in [-0.1, -0.05) is 60.7 Å². The number of nitrogens with one attached hydrogen (secondary N) is 9. The van der Waals surface area contributed by atoms with Crippen LogP contribution in [0.2, 0.25) is 0 Å². The molecule has 27 nitrogen and oxygen atoms in total. The number of hydrazine groups is 2. The number of nitrogens with two attached hydrogens (primary N) is 1. The van der Waals surface area contributed by atoms with Gasteiger partial charge in [0.15, 0.2) is 0 Å². The second kappa shape index (κ2) is 32.0. The lowest BCUT2D eigenvalue weighted by Crippen LogP contribution is -2.58. The maximum absolute atomic E-state index is 12.8. The van der Waals surface area contributed by atoms with Gasteiger partial charge < -0.3 is 56.7 Å². The van der Waals surface area contributed by atoms with Crippen molar-refractivity contribution in [2.24, 2.45) is 5.73 Å². The summed E-state index contributed by atoms with van der Waals surface area (Å²) in [6, 6.07) is 11.3. The molecule has 0 aliphatic heterocycles. The highest BCUT2D eigenvalue weighted by molar-refractivity contribution is 6.36. The summed E-state index contributed by atoms with van der Waals surface area (Å²) in [6.07, 6.45) is -1.64. The molecule has 0 bridgehead atoms. The van der Waals surface area contributed by atoms with Crippen LogP contribution in [0, 0.1) is 0 Å². The summed E-state index contributed by atoms with van der Waals surface area (Å²) in [6.45, 7) is 15.8. The first-order valence-electron chi connectivity index (χ1n) is 23.1. The highest BCUT2D eigenvalue weighted by Gasteiger charge is 2.29. The molecule has 0 aliphatic rings. The zero-order valence-electron chi connectivity index (χ0n) is 44.8. The number of aliphatic carboxylic acids is 1. The number of hydrogen-bond donors (Lipinski definition) is 11. The molecule has 2 aromatic rings. The second-order valence-corrected chi connectivity index (χ2v) is 18.9. The van der Waals surface area contributed by atoms with Crippen molar-refractivity contribution in [1.29, 1.82) is 0 Å². The molecule has 2 aromatic carbocycles. The Hall–Kier alpha value is -8.36. The number of carboxylic acids is 1. The second-order valence-electron chi connectivity index (χ2n) is 18.9. The Kier molecular flexibility index (Phi) is 28.4. The highest BCUT2D eigenvalue weighted by Crippen LogP contribution is 2.09. The molecule has 0 saturated carbocycles. The van der Waals surface area contributed by atoms with E-state index in [0.717, 1.165) is 0 Å². The smallest absolute Gasteiger partial charge is 0.408 e. The van der Waals surface area contributed by atoms with Crippen LogP contribution in [0.15, 0.2) is 60.7 Å². The number of carbonyl (C=O) groups is 12. The van der Waals surface area contributed by atoms with Gasteiger partial charge in [-0.25, -0.2) is 14.4 Å². The van der Waals surface area contributed by atoms with Crippen LogP contribution in [0.4, 0.5) is 9.59 Å². The summed E-state index contributed by atoms with van der Waals surface area (Å²) < 4.78 is 10.1. The van der Waals surface area contributed by atoms with Gasteiger partial charge in [-0.15, -0.1) is 0 Å². The van der Waals surface area contributed by atoms with Gasteiger partial charge in [0.05, 0.1) is 6.04 Å². The van der Waals surface area contributed by atoms with E-state index in [2.05, 4.69) is 48.3 Å². The SMILES string of the molecule is C[C@H](N)C(=O)N(C)C.C[C@H](NC(=O)OC(C)(C)C)C(=O)NNC(=O)[C@H](Cc1ccccc1)NC(=O)C(=O)N[C@@H](C)C(=O)N(C)C.C[C@H](NC(=O)OC(C)(C)C)C(=O)NNC(=O)[C@H](Cc1ccccc1)NC(=O)C(=O)O. The van der Waals surface area contributed by atoms with Crippen molar-refractivity contribution >= 4 is 71.3 Å². The van der Waals surface area contributed by atoms with Crippen molar-refractivity contribution in [2.75, 3.05) is 28.2 Å². The Bertz CT molecular complexity index is 2270. The van der Waals surface area contributed by atoms with E-state index >= 15 is 0 Å². The Morgan fingerprint density at radius 3 is 1.09 bits per heavy atom. The lowest BCUT2D eigenvalue weighted by molar-refractivity contribution is -0.151. The van der Waals surface area contributed by atoms with E-state index in [4.69, 9.17) is 20.3 Å². The topological polar surface area (TPSA) is 384 Å². The van der Waals surface area contributed by atoms with E-state index in [1.807, 2.05) is 0 Å². The van der Waals surface area contributed by atoms with Crippen LogP contribution >= 0.6 is 0 Å². The van der Waals surface area contributed by atoms with Crippen LogP contribution in [-0.4, -0.2) is 162 Å². The van der Waals surface area contributed by atoms with Crippen LogP contribution < -0.4 is 54.0 Å². The molecule has 0 spiro atoms. The Morgan fingerprint density at radius 2 is 0.800 bits per heavy atom. The van der Waals surface area contributed by atoms with Crippen molar-refractivity contribution in [3.63, 3.8) is 0 Å². The van der Waals surface area contributed by atoms with E-state index in [1.54, 1.807) is 123 Å². The minimum Gasteiger partial charge on any atom is -0.474 e. The number of likely N-dealkylation sites (N-methyl/N-ethyl adjacent to an activating group) is 2. The zero-order valence-corrected chi connectivity index (χ0v) is 44.8. The molecule has 0 aliphatic carbocycles. The van der Waals surface area contributed by atoms with Crippen molar-refractivity contribution in [1.82, 2.24) is 58.1 Å². The van der Waals surface area contributed by atoms with Crippen molar-refractivity contribution in [3.05, 3.63) is 71.8 Å². The fraction of sp³-hybridized carbons (Fsp3) is 0.500. The Labute approximate surface area is 435 Å². The minimum absolute atomic E-state index is 0.000538. The zero-order chi connectivity index (χ0) is 58.0. The van der Waals surface area contributed by atoms with Gasteiger partial charge in [-0.3, -0.25) is 64.9 Å². The maximum atomic E-state index is 12.8. The third kappa shape index (κ3) is 29.1.